The van der Waals surface area contributed by atoms with E-state index >= 15 is 0 Å². The molecule has 180 valence electrons. The van der Waals surface area contributed by atoms with Crippen molar-refractivity contribution in [3.63, 3.8) is 0 Å². The van der Waals surface area contributed by atoms with Crippen LogP contribution in [-0.4, -0.2) is 111 Å². The van der Waals surface area contributed by atoms with Crippen molar-refractivity contribution in [2.45, 2.75) is 40.2 Å². The summed E-state index contributed by atoms with van der Waals surface area (Å²) >= 11 is 0. The van der Waals surface area contributed by atoms with Crippen LogP contribution in [0.25, 0.3) is 0 Å². The van der Waals surface area contributed by atoms with Crippen LogP contribution in [0.3, 0.4) is 0 Å². The van der Waals surface area contributed by atoms with Gasteiger partial charge in [0.15, 0.2) is 0 Å². The number of benzene rings is 1. The van der Waals surface area contributed by atoms with Crippen molar-refractivity contribution < 1.29 is 22.8 Å². The van der Waals surface area contributed by atoms with Crippen LogP contribution >= 0.6 is 0 Å². The number of methoxy groups -OCH3 is 2. The van der Waals surface area contributed by atoms with Crippen molar-refractivity contribution in [1.29, 1.82) is 0 Å². The quantitative estimate of drug-likeness (QED) is 0.211. The average Bonchev–Trinajstić information content (AvgIpc) is 2.67. The van der Waals surface area contributed by atoms with Crippen LogP contribution in [0.4, 0.5) is 0 Å². The number of hydrogen-bond donors (Lipinski definition) is 0. The van der Waals surface area contributed by atoms with Crippen molar-refractivity contribution in [2.75, 3.05) is 34.0 Å². The molecular weight excluding hydrogens is 537 g/mol. The second-order valence-corrected chi connectivity index (χ2v) is 117. The summed E-state index contributed by atoms with van der Waals surface area (Å²) in [6.45, 7) is 7.75. The molecule has 0 saturated carbocycles. The summed E-state index contributed by atoms with van der Waals surface area (Å²) in [5.74, 6) is 1.96. The lowest BCUT2D eigenvalue weighted by molar-refractivity contribution is 0.229. The van der Waals surface area contributed by atoms with Crippen LogP contribution in [0.1, 0.15) is 31.9 Å². The molecule has 5 nitrogen and oxygen atoms in total. The maximum Gasteiger partial charge on any atom is 0.296 e. The van der Waals surface area contributed by atoms with E-state index in [4.69, 9.17) is 22.8 Å². The normalized spacial score (nSPS) is 18.2. The molecular formula is C17H46O5Si9. The van der Waals surface area contributed by atoms with Crippen LogP contribution in [0.15, 0.2) is 12.1 Å². The van der Waals surface area contributed by atoms with Gasteiger partial charge >= 0.3 is 0 Å². The molecule has 0 radical (unpaired) electrons. The van der Waals surface area contributed by atoms with Crippen molar-refractivity contribution in [2.24, 2.45) is 0 Å². The second-order valence-electron chi connectivity index (χ2n) is 9.54. The van der Waals surface area contributed by atoms with E-state index in [1.54, 1.807) is 14.2 Å². The van der Waals surface area contributed by atoms with Crippen LogP contribution in [-0.2, 0) is 19.7 Å². The molecule has 1 unspecified atom stereocenters. The molecule has 1 atom stereocenters. The lowest BCUT2D eigenvalue weighted by Crippen LogP contribution is -2.89. The number of ether oxygens (including phenoxy) is 2. The molecule has 0 aliphatic rings. The highest BCUT2D eigenvalue weighted by atomic mass is 30.4. The van der Waals surface area contributed by atoms with Gasteiger partial charge in [0, 0.05) is 45.5 Å². The molecule has 1 rings (SSSR count). The van der Waals surface area contributed by atoms with Gasteiger partial charge in [-0.2, -0.15) is 0 Å². The van der Waals surface area contributed by atoms with Crippen molar-refractivity contribution in [3.8, 4) is 11.5 Å². The first-order chi connectivity index (χ1) is 14.4. The number of aryl methyl sites for hydroxylation is 2. The zero-order chi connectivity index (χ0) is 23.9. The third kappa shape index (κ3) is 6.84. The van der Waals surface area contributed by atoms with Crippen LogP contribution < -0.4 is 9.47 Å². The molecule has 0 spiro atoms. The van der Waals surface area contributed by atoms with Gasteiger partial charge in [0.25, 0.3) is 8.80 Å². The van der Waals surface area contributed by atoms with E-state index in [2.05, 4.69) is 39.8 Å². The summed E-state index contributed by atoms with van der Waals surface area (Å²) in [5, 5.41) is 0. The predicted molar refractivity (Wildman–Crippen MR) is 162 cm³/mol. The van der Waals surface area contributed by atoms with Gasteiger partial charge in [0.05, 0.1) is 14.2 Å². The summed E-state index contributed by atoms with van der Waals surface area (Å²) in [6.07, 6.45) is -0.102. The maximum atomic E-state index is 6.85. The Labute approximate surface area is 208 Å². The third-order valence-electron chi connectivity index (χ3n) is 6.51. The Hall–Kier alpha value is 0.652. The monoisotopic (exact) mass is 582 g/mol. The van der Waals surface area contributed by atoms with E-state index in [0.29, 0.717) is 0 Å². The predicted octanol–water partition coefficient (Wildman–Crippen LogP) is -3.73. The fourth-order valence-electron chi connectivity index (χ4n) is 5.20. The van der Waals surface area contributed by atoms with E-state index in [0.717, 1.165) is 43.3 Å². The van der Waals surface area contributed by atoms with Gasteiger partial charge in [-0.3, -0.25) is 0 Å². The van der Waals surface area contributed by atoms with Gasteiger partial charge in [-0.1, -0.05) is 6.04 Å². The van der Waals surface area contributed by atoms with Crippen LogP contribution in [0, 0.1) is 6.92 Å². The first-order valence-corrected chi connectivity index (χ1v) is 39.9. The van der Waals surface area contributed by atoms with E-state index in [9.17, 15) is 0 Å². The van der Waals surface area contributed by atoms with Crippen molar-refractivity contribution in [1.82, 2.24) is 0 Å². The Morgan fingerprint density at radius 2 is 1.45 bits per heavy atom. The highest BCUT2D eigenvalue weighted by Crippen LogP contribution is 2.35. The summed E-state index contributed by atoms with van der Waals surface area (Å²) in [5.41, 5.74) is 2.45. The van der Waals surface area contributed by atoms with Gasteiger partial charge < -0.3 is 22.8 Å². The second kappa shape index (κ2) is 12.9. The molecule has 1 aromatic carbocycles. The fourth-order valence-corrected chi connectivity index (χ4v) is 279. The molecule has 0 heterocycles. The van der Waals surface area contributed by atoms with Crippen LogP contribution in [0.5, 0.6) is 11.5 Å². The highest BCUT2D eigenvalue weighted by molar-refractivity contribution is 8.11. The van der Waals surface area contributed by atoms with Crippen LogP contribution in [0.2, 0.25) is 6.04 Å². The average molecular weight is 583 g/mol. The topological polar surface area (TPSA) is 46.2 Å². The minimum atomic E-state index is -1.72. The van der Waals surface area contributed by atoms with E-state index in [1.165, 1.54) is 60.4 Å². The van der Waals surface area contributed by atoms with E-state index in [1.807, 2.05) is 0 Å². The molecule has 0 saturated heterocycles. The Morgan fingerprint density at radius 3 is 1.87 bits per heavy atom. The van der Waals surface area contributed by atoms with Gasteiger partial charge in [-0.25, -0.2) is 0 Å². The fraction of sp³-hybridized carbons (Fsp3) is 0.647. The molecule has 0 amide bonds. The van der Waals surface area contributed by atoms with Crippen molar-refractivity contribution >= 4 is 77.2 Å². The standard InChI is InChI=1S/C17H46O5Si9/c1-7-20-28(21-8-2)29(31(25,26)27,30(23,24)22-9-3)11-10-15-13-16(18-5)12-14(4)17(15)19-6/h12-13,28H,7-11H2,1-6,23-27H3. The van der Waals surface area contributed by atoms with E-state index < -0.39 is 28.4 Å². The lowest BCUT2D eigenvalue weighted by Gasteiger charge is -2.53. The Balaban J connectivity index is 3.63. The minimum Gasteiger partial charge on any atom is -0.497 e. The maximum absolute atomic E-state index is 6.85. The molecule has 0 aromatic heterocycles. The molecule has 0 bridgehead atoms. The lowest BCUT2D eigenvalue weighted by atomic mass is 10.1. The third-order valence-corrected chi connectivity index (χ3v) is 157. The molecule has 1 aromatic rings. The Morgan fingerprint density at radius 1 is 0.871 bits per heavy atom. The Kier molecular flexibility index (Phi) is 12.4. The minimum absolute atomic E-state index is 0.794. The molecule has 0 fully saturated rings. The van der Waals surface area contributed by atoms with Gasteiger partial charge in [0.2, 0.25) is 0 Å². The van der Waals surface area contributed by atoms with Gasteiger partial charge in [-0.15, -0.1) is 0 Å². The summed E-state index contributed by atoms with van der Waals surface area (Å²) in [6, 6.07) is 5.58. The molecule has 0 aliphatic carbocycles. The first-order valence-electron chi connectivity index (χ1n) is 11.5. The molecule has 0 aliphatic heterocycles. The summed E-state index contributed by atoms with van der Waals surface area (Å²) in [7, 11) is 8.51. The molecule has 14 heteroatoms. The zero-order valence-corrected chi connectivity index (χ0v) is 36.0. The number of hydrogen-bond acceptors (Lipinski definition) is 5. The van der Waals surface area contributed by atoms with Gasteiger partial charge in [-0.05, 0) is 86.7 Å². The largest absolute Gasteiger partial charge is 0.497 e. The summed E-state index contributed by atoms with van der Waals surface area (Å²) in [4.78, 5) is 0. The van der Waals surface area contributed by atoms with E-state index in [-0.39, 0.29) is 0 Å². The highest BCUT2D eigenvalue weighted by Gasteiger charge is 2.64. The van der Waals surface area contributed by atoms with Crippen molar-refractivity contribution in [3.05, 3.63) is 23.3 Å². The zero-order valence-electron chi connectivity index (χ0n) is 21.8. The SMILES string of the molecule is CCO[SiH](OCC)[Si](CCc1cc(OC)cc(C)c1OC)([Si]([SiH3])([SiH3])[SiH3])[Si]([SiH3])([SiH3])OCC. The molecule has 31 heavy (non-hydrogen) atoms. The smallest absolute Gasteiger partial charge is 0.296 e. The van der Waals surface area contributed by atoms with Gasteiger partial charge in [0.1, 0.15) is 25.0 Å². The number of rotatable bonds is 14. The summed E-state index contributed by atoms with van der Waals surface area (Å²) < 4.78 is 31.6. The molecule has 0 N–H and O–H groups in total. The Bertz CT molecular complexity index is 695. The first kappa shape index (κ1) is 29.7.